The van der Waals surface area contributed by atoms with Gasteiger partial charge in [-0.25, -0.2) is 0 Å². The molecule has 0 unspecified atom stereocenters. The molecule has 1 aromatic rings. The van der Waals surface area contributed by atoms with Crippen LogP contribution in [0, 0.1) is 0 Å². The Hall–Kier alpha value is -1.43. The highest BCUT2D eigenvalue weighted by Gasteiger charge is 2.29. The van der Waals surface area contributed by atoms with Crippen LogP contribution in [0.1, 0.15) is 37.5 Å². The van der Waals surface area contributed by atoms with Gasteiger partial charge in [-0.3, -0.25) is 10.1 Å². The van der Waals surface area contributed by atoms with Gasteiger partial charge in [0.25, 0.3) is 0 Å². The number of carbonyl (C=O) groups excluding carboxylic acids is 1. The van der Waals surface area contributed by atoms with Gasteiger partial charge in [0, 0.05) is 12.3 Å². The first-order valence-electron chi connectivity index (χ1n) is 5.57. The quantitative estimate of drug-likeness (QED) is 0.701. The van der Waals surface area contributed by atoms with E-state index >= 15 is 0 Å². The maximum Gasteiger partial charge on any atom is 0.322 e. The fourth-order valence-electron chi connectivity index (χ4n) is 1.39. The molecule has 1 aliphatic carbocycles. The fraction of sp³-hybridized carbons (Fsp3) is 0.700. The van der Waals surface area contributed by atoms with Gasteiger partial charge in [0.1, 0.15) is 0 Å². The molecule has 2 rings (SSSR count). The van der Waals surface area contributed by atoms with Crippen molar-refractivity contribution in [2.24, 2.45) is 0 Å². The lowest BCUT2D eigenvalue weighted by molar-refractivity contribution is -0.116. The predicted octanol–water partition coefficient (Wildman–Crippen LogP) is 0.885. The molecule has 1 amide bonds. The lowest BCUT2D eigenvalue weighted by Gasteiger charge is -1.99. The number of hydrogen-bond donors (Lipinski definition) is 2. The zero-order valence-corrected chi connectivity index (χ0v) is 9.32. The van der Waals surface area contributed by atoms with Gasteiger partial charge in [0.15, 0.2) is 0 Å². The van der Waals surface area contributed by atoms with Crippen LogP contribution in [0.3, 0.4) is 0 Å². The average molecular weight is 224 g/mol. The monoisotopic (exact) mass is 224 g/mol. The summed E-state index contributed by atoms with van der Waals surface area (Å²) < 4.78 is 5.31. The minimum absolute atomic E-state index is 0.0822. The van der Waals surface area contributed by atoms with E-state index in [1.54, 1.807) is 0 Å². The lowest BCUT2D eigenvalue weighted by atomic mass is 10.3. The molecule has 6 heteroatoms. The van der Waals surface area contributed by atoms with Crippen molar-refractivity contribution in [3.8, 4) is 0 Å². The van der Waals surface area contributed by atoms with Gasteiger partial charge in [-0.2, -0.15) is 0 Å². The van der Waals surface area contributed by atoms with Crippen molar-refractivity contribution in [1.29, 1.82) is 0 Å². The Bertz CT molecular complexity index is 359. The molecule has 0 spiro atoms. The molecular weight excluding hydrogens is 208 g/mol. The van der Waals surface area contributed by atoms with Crippen molar-refractivity contribution in [3.63, 3.8) is 0 Å². The summed E-state index contributed by atoms with van der Waals surface area (Å²) in [6, 6.07) is 0.219. The summed E-state index contributed by atoms with van der Waals surface area (Å²) >= 11 is 0. The maximum absolute atomic E-state index is 11.4. The number of carbonyl (C=O) groups is 1. The first-order valence-corrected chi connectivity index (χ1v) is 5.57. The van der Waals surface area contributed by atoms with Crippen molar-refractivity contribution in [1.82, 2.24) is 15.5 Å². The van der Waals surface area contributed by atoms with Gasteiger partial charge in [0.2, 0.25) is 11.8 Å². The smallest absolute Gasteiger partial charge is 0.322 e. The van der Waals surface area contributed by atoms with Gasteiger partial charge in [-0.15, -0.1) is 5.10 Å². The maximum atomic E-state index is 11.4. The molecule has 1 fully saturated rings. The molecule has 88 valence electrons. The molecule has 0 radical (unpaired) electrons. The van der Waals surface area contributed by atoms with Crippen LogP contribution in [0.2, 0.25) is 0 Å². The van der Waals surface area contributed by atoms with Crippen LogP contribution >= 0.6 is 0 Å². The topological polar surface area (TPSA) is 80.0 Å². The first-order chi connectivity index (χ1) is 7.79. The summed E-state index contributed by atoms with van der Waals surface area (Å²) in [7, 11) is 1.86. The number of aromatic nitrogens is 2. The minimum Gasteiger partial charge on any atom is -0.408 e. The van der Waals surface area contributed by atoms with E-state index in [4.69, 9.17) is 4.42 Å². The zero-order chi connectivity index (χ0) is 11.4. The Balaban J connectivity index is 1.76. The molecule has 16 heavy (non-hydrogen) atoms. The summed E-state index contributed by atoms with van der Waals surface area (Å²) in [5, 5.41) is 13.2. The van der Waals surface area contributed by atoms with Crippen LogP contribution in [0.15, 0.2) is 4.42 Å². The Morgan fingerprint density at radius 1 is 1.50 bits per heavy atom. The van der Waals surface area contributed by atoms with Crippen molar-refractivity contribution in [3.05, 3.63) is 5.89 Å². The molecule has 0 atom stereocenters. The number of rotatable bonds is 6. The van der Waals surface area contributed by atoms with E-state index in [2.05, 4.69) is 20.8 Å². The summed E-state index contributed by atoms with van der Waals surface area (Å²) in [5.41, 5.74) is 0. The van der Waals surface area contributed by atoms with Gasteiger partial charge in [0.05, 0.1) is 0 Å². The highest BCUT2D eigenvalue weighted by Crippen LogP contribution is 2.39. The van der Waals surface area contributed by atoms with E-state index in [1.807, 2.05) is 7.05 Å². The van der Waals surface area contributed by atoms with Crippen molar-refractivity contribution >= 4 is 11.9 Å². The number of nitrogens with one attached hydrogen (secondary N) is 2. The lowest BCUT2D eigenvalue weighted by Crippen LogP contribution is -2.15. The normalized spacial score (nSPS) is 15.1. The van der Waals surface area contributed by atoms with E-state index in [1.165, 1.54) is 0 Å². The second-order valence-corrected chi connectivity index (χ2v) is 3.98. The fourth-order valence-corrected chi connectivity index (χ4v) is 1.39. The van der Waals surface area contributed by atoms with E-state index in [-0.39, 0.29) is 11.9 Å². The van der Waals surface area contributed by atoms with Crippen LogP contribution < -0.4 is 10.6 Å². The third-order valence-corrected chi connectivity index (χ3v) is 2.44. The third-order valence-electron chi connectivity index (χ3n) is 2.44. The molecule has 1 aliphatic rings. The zero-order valence-electron chi connectivity index (χ0n) is 9.32. The standard InChI is InChI=1S/C10H16N4O2/c1-11-6-2-3-8(15)12-10-14-13-9(16-10)7-4-5-7/h7,11H,2-6H2,1H3,(H,12,14,15). The molecule has 1 heterocycles. The van der Waals surface area contributed by atoms with Gasteiger partial charge in [-0.1, -0.05) is 5.10 Å². The SMILES string of the molecule is CNCCCC(=O)Nc1nnc(C2CC2)o1. The van der Waals surface area contributed by atoms with Gasteiger partial charge < -0.3 is 9.73 Å². The Morgan fingerprint density at radius 3 is 3.00 bits per heavy atom. The molecule has 6 nitrogen and oxygen atoms in total. The summed E-state index contributed by atoms with van der Waals surface area (Å²) in [6.07, 6.45) is 3.48. The Morgan fingerprint density at radius 2 is 2.31 bits per heavy atom. The molecule has 0 bridgehead atoms. The van der Waals surface area contributed by atoms with E-state index in [0.717, 1.165) is 25.8 Å². The number of hydrogen-bond acceptors (Lipinski definition) is 5. The van der Waals surface area contributed by atoms with E-state index < -0.39 is 0 Å². The molecule has 0 aromatic carbocycles. The van der Waals surface area contributed by atoms with Crippen molar-refractivity contribution in [2.75, 3.05) is 18.9 Å². The molecule has 1 saturated carbocycles. The van der Waals surface area contributed by atoms with Crippen LogP contribution in [-0.2, 0) is 4.79 Å². The van der Waals surface area contributed by atoms with Gasteiger partial charge in [-0.05, 0) is 32.9 Å². The van der Waals surface area contributed by atoms with Crippen molar-refractivity contribution in [2.45, 2.75) is 31.6 Å². The van der Waals surface area contributed by atoms with Crippen LogP contribution in [-0.4, -0.2) is 29.7 Å². The second-order valence-electron chi connectivity index (χ2n) is 3.98. The van der Waals surface area contributed by atoms with E-state index in [9.17, 15) is 4.79 Å². The number of amides is 1. The number of anilines is 1. The van der Waals surface area contributed by atoms with Crippen molar-refractivity contribution < 1.29 is 9.21 Å². The van der Waals surface area contributed by atoms with Crippen LogP contribution in [0.5, 0.6) is 0 Å². The summed E-state index contributed by atoms with van der Waals surface area (Å²) in [6.45, 7) is 0.824. The molecule has 2 N–H and O–H groups in total. The predicted molar refractivity (Wildman–Crippen MR) is 58.1 cm³/mol. The van der Waals surface area contributed by atoms with Crippen LogP contribution in [0.25, 0.3) is 0 Å². The average Bonchev–Trinajstić information content (AvgIpc) is 3.01. The second kappa shape index (κ2) is 5.07. The largest absolute Gasteiger partial charge is 0.408 e. The Labute approximate surface area is 93.8 Å². The summed E-state index contributed by atoms with van der Waals surface area (Å²) in [5.74, 6) is 0.981. The van der Waals surface area contributed by atoms with E-state index in [0.29, 0.717) is 18.2 Å². The van der Waals surface area contributed by atoms with Crippen LogP contribution in [0.4, 0.5) is 6.01 Å². The minimum atomic E-state index is -0.0822. The summed E-state index contributed by atoms with van der Waals surface area (Å²) in [4.78, 5) is 11.4. The highest BCUT2D eigenvalue weighted by atomic mass is 16.4. The third kappa shape index (κ3) is 3.03. The first kappa shape index (κ1) is 11.1. The molecule has 0 saturated heterocycles. The van der Waals surface area contributed by atoms with Gasteiger partial charge >= 0.3 is 6.01 Å². The Kier molecular flexibility index (Phi) is 3.51. The number of nitrogens with zero attached hydrogens (tertiary/aromatic N) is 2. The molecule has 1 aromatic heterocycles. The highest BCUT2D eigenvalue weighted by molar-refractivity contribution is 5.88. The molecular formula is C10H16N4O2. The molecule has 0 aliphatic heterocycles.